The first-order valence-corrected chi connectivity index (χ1v) is 10.6. The van der Waals surface area contributed by atoms with Gasteiger partial charge in [0.05, 0.1) is 18.4 Å². The normalized spacial score (nSPS) is 21.1. The van der Waals surface area contributed by atoms with Gasteiger partial charge in [-0.15, -0.1) is 0 Å². The molecule has 6 heteroatoms. The van der Waals surface area contributed by atoms with E-state index in [1.807, 2.05) is 24.0 Å². The first kappa shape index (κ1) is 19.0. The van der Waals surface area contributed by atoms with Gasteiger partial charge < -0.3 is 9.42 Å². The summed E-state index contributed by atoms with van der Waals surface area (Å²) in [6.45, 7) is 3.93. The van der Waals surface area contributed by atoms with E-state index in [1.165, 1.54) is 11.1 Å². The van der Waals surface area contributed by atoms with Gasteiger partial charge in [-0.25, -0.2) is 0 Å². The minimum atomic E-state index is -0.0473. The number of aromatic nitrogens is 1. The molecule has 2 aliphatic heterocycles. The Kier molecular flexibility index (Phi) is 5.11. The minimum Gasteiger partial charge on any atom is -0.361 e. The van der Waals surface area contributed by atoms with Crippen LogP contribution in [0.2, 0.25) is 0 Å². The number of hydrogen-bond acceptors (Lipinski definition) is 5. The number of amides is 1. The molecule has 2 aliphatic rings. The van der Waals surface area contributed by atoms with E-state index >= 15 is 0 Å². The molecule has 3 heterocycles. The molecule has 154 valence electrons. The maximum absolute atomic E-state index is 13.2. The van der Waals surface area contributed by atoms with Crippen LogP contribution in [0.5, 0.6) is 0 Å². The van der Waals surface area contributed by atoms with Crippen LogP contribution in [0.15, 0.2) is 65.2 Å². The fraction of sp³-hybridized carbons (Fsp3) is 0.333. The molecule has 0 radical (unpaired) electrons. The van der Waals surface area contributed by atoms with Crippen LogP contribution in [0.25, 0.3) is 0 Å². The summed E-state index contributed by atoms with van der Waals surface area (Å²) < 4.78 is 5.77. The summed E-state index contributed by atoms with van der Waals surface area (Å²) in [5.41, 5.74) is 10.6. The van der Waals surface area contributed by atoms with Gasteiger partial charge >= 0.3 is 0 Å². The minimum absolute atomic E-state index is 0.0244. The number of hydrazine groups is 1. The highest BCUT2D eigenvalue weighted by Crippen LogP contribution is 2.36. The Hall–Kier alpha value is -2.96. The maximum Gasteiger partial charge on any atom is 0.228 e. The van der Waals surface area contributed by atoms with Gasteiger partial charge in [0.2, 0.25) is 5.91 Å². The maximum atomic E-state index is 13.2. The third-order valence-corrected chi connectivity index (χ3v) is 6.28. The fourth-order valence-electron chi connectivity index (χ4n) is 4.59. The summed E-state index contributed by atoms with van der Waals surface area (Å²) in [5.74, 6) is 1.02. The molecule has 2 aromatic carbocycles. The van der Waals surface area contributed by atoms with Crippen molar-refractivity contribution in [1.82, 2.24) is 20.9 Å². The molecule has 1 amide bonds. The van der Waals surface area contributed by atoms with Crippen LogP contribution in [0.1, 0.15) is 41.0 Å². The lowest BCUT2D eigenvalue weighted by atomic mass is 9.85. The van der Waals surface area contributed by atoms with Crippen molar-refractivity contribution >= 4 is 5.91 Å². The highest BCUT2D eigenvalue weighted by atomic mass is 16.5. The number of rotatable bonds is 4. The van der Waals surface area contributed by atoms with Crippen LogP contribution in [0.4, 0.5) is 0 Å². The Balaban J connectivity index is 1.50. The summed E-state index contributed by atoms with van der Waals surface area (Å²) in [4.78, 5) is 15.1. The third kappa shape index (κ3) is 3.42. The van der Waals surface area contributed by atoms with E-state index in [0.29, 0.717) is 26.1 Å². The van der Waals surface area contributed by atoms with Crippen molar-refractivity contribution < 1.29 is 9.32 Å². The highest BCUT2D eigenvalue weighted by molar-refractivity contribution is 5.80. The summed E-state index contributed by atoms with van der Waals surface area (Å²) >= 11 is 0. The van der Waals surface area contributed by atoms with Crippen molar-refractivity contribution in [3.05, 3.63) is 88.8 Å². The first-order valence-electron chi connectivity index (χ1n) is 10.6. The Morgan fingerprint density at radius 3 is 2.37 bits per heavy atom. The Bertz CT molecular complexity index is 979. The molecule has 0 spiro atoms. The third-order valence-electron chi connectivity index (χ3n) is 6.28. The van der Waals surface area contributed by atoms with Gasteiger partial charge in [-0.2, -0.15) is 0 Å². The number of nitrogens with zero attached hydrogens (tertiary/aromatic N) is 2. The standard InChI is InChI=1S/C24H26N4O2/c1-16-19(14-25-26-16)24(29)28-13-12-21-20(15-28)23(27-30-21)22(17-8-4-2-5-9-17)18-10-6-3-7-11-18/h2-11,16,19,22,25-26H,12-15H2,1H3. The fourth-order valence-corrected chi connectivity index (χ4v) is 4.59. The molecule has 0 saturated carbocycles. The topological polar surface area (TPSA) is 70.4 Å². The molecular weight excluding hydrogens is 376 g/mol. The SMILES string of the molecule is CC1NNCC1C(=O)N1CCc2onc(C(c3ccccc3)c3ccccc3)c2C1. The number of carbonyl (C=O) groups is 1. The molecule has 5 rings (SSSR count). The lowest BCUT2D eigenvalue weighted by Gasteiger charge is -2.30. The molecular formula is C24H26N4O2. The van der Waals surface area contributed by atoms with Gasteiger partial charge in [0.25, 0.3) is 0 Å². The molecule has 1 aromatic heterocycles. The first-order chi connectivity index (χ1) is 14.7. The van der Waals surface area contributed by atoms with Gasteiger partial charge in [0.1, 0.15) is 11.5 Å². The molecule has 30 heavy (non-hydrogen) atoms. The second kappa shape index (κ2) is 8.05. The Labute approximate surface area is 176 Å². The van der Waals surface area contributed by atoms with Crippen LogP contribution in [-0.4, -0.2) is 35.1 Å². The molecule has 0 bridgehead atoms. The summed E-state index contributed by atoms with van der Waals surface area (Å²) in [6, 6.07) is 20.9. The van der Waals surface area contributed by atoms with Gasteiger partial charge in [0, 0.05) is 31.1 Å². The predicted molar refractivity (Wildman–Crippen MR) is 114 cm³/mol. The zero-order valence-corrected chi connectivity index (χ0v) is 17.0. The average molecular weight is 402 g/mol. The number of benzene rings is 2. The molecule has 6 nitrogen and oxygen atoms in total. The van der Waals surface area contributed by atoms with Gasteiger partial charge in [-0.1, -0.05) is 65.8 Å². The summed E-state index contributed by atoms with van der Waals surface area (Å²) in [6.07, 6.45) is 0.701. The van der Waals surface area contributed by atoms with E-state index in [-0.39, 0.29) is 23.8 Å². The zero-order valence-electron chi connectivity index (χ0n) is 17.0. The van der Waals surface area contributed by atoms with E-state index in [0.717, 1.165) is 17.0 Å². The predicted octanol–water partition coefficient (Wildman–Crippen LogP) is 2.85. The van der Waals surface area contributed by atoms with E-state index in [2.05, 4.69) is 64.5 Å². The molecule has 1 saturated heterocycles. The summed E-state index contributed by atoms with van der Waals surface area (Å²) in [5, 5.41) is 4.52. The van der Waals surface area contributed by atoms with E-state index in [9.17, 15) is 4.79 Å². The molecule has 2 unspecified atom stereocenters. The monoisotopic (exact) mass is 402 g/mol. The number of nitrogens with one attached hydrogen (secondary N) is 2. The van der Waals surface area contributed by atoms with Crippen molar-refractivity contribution in [2.75, 3.05) is 13.1 Å². The average Bonchev–Trinajstić information content (AvgIpc) is 3.41. The van der Waals surface area contributed by atoms with Crippen LogP contribution < -0.4 is 10.9 Å². The van der Waals surface area contributed by atoms with Crippen molar-refractivity contribution in [3.63, 3.8) is 0 Å². The number of carbonyl (C=O) groups excluding carboxylic acids is 1. The lowest BCUT2D eigenvalue weighted by Crippen LogP contribution is -2.43. The number of fused-ring (bicyclic) bond motifs is 1. The molecule has 2 N–H and O–H groups in total. The Morgan fingerprint density at radius 1 is 1.10 bits per heavy atom. The Morgan fingerprint density at radius 2 is 1.77 bits per heavy atom. The second-order valence-corrected chi connectivity index (χ2v) is 8.15. The van der Waals surface area contributed by atoms with Crippen molar-refractivity contribution in [2.24, 2.45) is 5.92 Å². The van der Waals surface area contributed by atoms with Crippen LogP contribution in [0, 0.1) is 5.92 Å². The molecule has 1 fully saturated rings. The second-order valence-electron chi connectivity index (χ2n) is 8.15. The smallest absolute Gasteiger partial charge is 0.228 e. The lowest BCUT2D eigenvalue weighted by molar-refractivity contribution is -0.136. The van der Waals surface area contributed by atoms with Crippen molar-refractivity contribution in [2.45, 2.75) is 31.8 Å². The van der Waals surface area contributed by atoms with Crippen LogP contribution in [0.3, 0.4) is 0 Å². The molecule has 2 atom stereocenters. The van der Waals surface area contributed by atoms with E-state index in [1.54, 1.807) is 0 Å². The van der Waals surface area contributed by atoms with Gasteiger partial charge in [0.15, 0.2) is 0 Å². The zero-order chi connectivity index (χ0) is 20.5. The van der Waals surface area contributed by atoms with Crippen LogP contribution in [-0.2, 0) is 17.8 Å². The van der Waals surface area contributed by atoms with Gasteiger partial charge in [-0.3, -0.25) is 15.6 Å². The van der Waals surface area contributed by atoms with Crippen LogP contribution >= 0.6 is 0 Å². The molecule has 3 aromatic rings. The largest absolute Gasteiger partial charge is 0.361 e. The van der Waals surface area contributed by atoms with Crippen molar-refractivity contribution in [3.8, 4) is 0 Å². The highest BCUT2D eigenvalue weighted by Gasteiger charge is 2.37. The summed E-state index contributed by atoms with van der Waals surface area (Å²) in [7, 11) is 0. The number of hydrogen-bond donors (Lipinski definition) is 2. The van der Waals surface area contributed by atoms with Gasteiger partial charge in [-0.05, 0) is 18.1 Å². The van der Waals surface area contributed by atoms with Crippen molar-refractivity contribution in [1.29, 1.82) is 0 Å². The van der Waals surface area contributed by atoms with E-state index in [4.69, 9.17) is 4.52 Å². The van der Waals surface area contributed by atoms with E-state index < -0.39 is 0 Å². The molecule has 0 aliphatic carbocycles. The quantitative estimate of drug-likeness (QED) is 0.702.